The number of methoxy groups -OCH3 is 1. The van der Waals surface area contributed by atoms with Gasteiger partial charge in [-0.3, -0.25) is 9.69 Å². The molecule has 0 saturated carbocycles. The van der Waals surface area contributed by atoms with Crippen LogP contribution in [0.25, 0.3) is 0 Å². The Morgan fingerprint density at radius 2 is 1.97 bits per heavy atom. The summed E-state index contributed by atoms with van der Waals surface area (Å²) in [5, 5.41) is 3.20. The lowest BCUT2D eigenvalue weighted by Gasteiger charge is -2.40. The smallest absolute Gasteiger partial charge is 0.326 e. The number of amides is 2. The number of rotatable bonds is 4. The van der Waals surface area contributed by atoms with E-state index in [1.807, 2.05) is 65.6 Å². The molecule has 0 aromatic heterocycles. The van der Waals surface area contributed by atoms with Crippen molar-refractivity contribution in [2.24, 2.45) is 0 Å². The molecule has 1 aliphatic heterocycles. The topological polar surface area (TPSA) is 58.6 Å². The minimum Gasteiger partial charge on any atom is -0.468 e. The number of ether oxygens (including phenoxy) is 1. The van der Waals surface area contributed by atoms with E-state index in [2.05, 4.69) is 22.2 Å². The Morgan fingerprint density at radius 3 is 2.83 bits per heavy atom. The number of anilines is 2. The fourth-order valence-electron chi connectivity index (χ4n) is 3.27. The Hall–Kier alpha value is -2.64. The molecule has 0 bridgehead atoms. The maximum absolute atomic E-state index is 13.3. The van der Waals surface area contributed by atoms with Gasteiger partial charge in [-0.25, -0.2) is 4.79 Å². The number of allylic oxidation sites excluding steroid dienone is 2. The van der Waals surface area contributed by atoms with Crippen molar-refractivity contribution in [3.8, 4) is 0 Å². The summed E-state index contributed by atoms with van der Waals surface area (Å²) in [5.41, 5.74) is 1.60. The van der Waals surface area contributed by atoms with Crippen LogP contribution in [0.1, 0.15) is 0 Å². The number of benzene rings is 2. The number of carbonyl (C=O) groups excluding carboxylic acids is 2. The maximum atomic E-state index is 13.3. The van der Waals surface area contributed by atoms with Crippen molar-refractivity contribution in [1.29, 1.82) is 0 Å². The monoisotopic (exact) mass is 424 g/mol. The third kappa shape index (κ3) is 4.36. The van der Waals surface area contributed by atoms with Gasteiger partial charge in [-0.15, -0.1) is 23.5 Å². The van der Waals surface area contributed by atoms with Gasteiger partial charge in [-0.1, -0.05) is 42.5 Å². The number of esters is 1. The first-order valence-corrected chi connectivity index (χ1v) is 11.0. The summed E-state index contributed by atoms with van der Waals surface area (Å²) in [5.74, 6) is -0.0547. The van der Waals surface area contributed by atoms with Gasteiger partial charge in [-0.05, 0) is 30.3 Å². The zero-order chi connectivity index (χ0) is 20.2. The number of nitrogens with one attached hydrogen (secondary N) is 1. The standard InChI is InChI=1S/C22H20N2O3S2/c1-27-21(25)14-28-16-8-6-7-15(13-16)23-22(26)24-17-9-2-4-11-19(17)29-20-12-5-3-10-18(20)24/h2-13,17,19H,14H2,1H3,(H,23,26). The molecule has 5 nitrogen and oxygen atoms in total. The third-order valence-electron chi connectivity index (χ3n) is 4.63. The van der Waals surface area contributed by atoms with E-state index in [4.69, 9.17) is 0 Å². The summed E-state index contributed by atoms with van der Waals surface area (Å²) in [6.07, 6.45) is 8.21. The molecule has 4 rings (SSSR count). The van der Waals surface area contributed by atoms with Crippen molar-refractivity contribution in [2.75, 3.05) is 23.1 Å². The van der Waals surface area contributed by atoms with Crippen molar-refractivity contribution < 1.29 is 14.3 Å². The number of hydrogen-bond donors (Lipinski definition) is 1. The first kappa shape index (κ1) is 19.7. The minimum atomic E-state index is -0.282. The van der Waals surface area contributed by atoms with E-state index in [1.165, 1.54) is 18.9 Å². The average molecular weight is 425 g/mol. The second-order valence-corrected chi connectivity index (χ2v) is 8.77. The van der Waals surface area contributed by atoms with Crippen LogP contribution in [0.2, 0.25) is 0 Å². The first-order chi connectivity index (χ1) is 14.2. The maximum Gasteiger partial charge on any atom is 0.326 e. The van der Waals surface area contributed by atoms with Crippen LogP contribution in [-0.2, 0) is 9.53 Å². The molecule has 2 aliphatic rings. The lowest BCUT2D eigenvalue weighted by molar-refractivity contribution is -0.137. The molecular weight excluding hydrogens is 404 g/mol. The highest BCUT2D eigenvalue weighted by atomic mass is 32.2. The molecular formula is C22H20N2O3S2. The largest absolute Gasteiger partial charge is 0.468 e. The quantitative estimate of drug-likeness (QED) is 0.555. The van der Waals surface area contributed by atoms with Crippen LogP contribution in [-0.4, -0.2) is 36.2 Å². The molecule has 2 unspecified atom stereocenters. The van der Waals surface area contributed by atoms with Crippen LogP contribution in [0.15, 0.2) is 82.6 Å². The van der Waals surface area contributed by atoms with E-state index in [9.17, 15) is 9.59 Å². The van der Waals surface area contributed by atoms with Gasteiger partial charge in [0.05, 0.1) is 29.8 Å². The van der Waals surface area contributed by atoms with E-state index in [1.54, 1.807) is 11.8 Å². The highest BCUT2D eigenvalue weighted by Gasteiger charge is 2.36. The first-order valence-electron chi connectivity index (χ1n) is 9.16. The Balaban J connectivity index is 1.55. The predicted molar refractivity (Wildman–Crippen MR) is 119 cm³/mol. The molecule has 2 atom stereocenters. The fourth-order valence-corrected chi connectivity index (χ4v) is 5.32. The Morgan fingerprint density at radius 1 is 1.14 bits per heavy atom. The van der Waals surface area contributed by atoms with E-state index in [0.717, 1.165) is 15.5 Å². The summed E-state index contributed by atoms with van der Waals surface area (Å²) in [6.45, 7) is 0. The van der Waals surface area contributed by atoms with Gasteiger partial charge in [-0.2, -0.15) is 0 Å². The van der Waals surface area contributed by atoms with Crippen molar-refractivity contribution in [1.82, 2.24) is 0 Å². The van der Waals surface area contributed by atoms with Gasteiger partial charge in [0.1, 0.15) is 0 Å². The van der Waals surface area contributed by atoms with Crippen molar-refractivity contribution in [2.45, 2.75) is 21.1 Å². The average Bonchev–Trinajstić information content (AvgIpc) is 2.75. The molecule has 2 amide bonds. The number of nitrogens with zero attached hydrogens (tertiary/aromatic N) is 1. The highest BCUT2D eigenvalue weighted by Crippen LogP contribution is 2.43. The number of carbonyl (C=O) groups is 2. The number of thioether (sulfide) groups is 2. The van der Waals surface area contributed by atoms with Crippen LogP contribution < -0.4 is 10.2 Å². The number of hydrogen-bond acceptors (Lipinski definition) is 5. The van der Waals surface area contributed by atoms with Crippen molar-refractivity contribution in [3.05, 3.63) is 72.8 Å². The number of para-hydroxylation sites is 1. The second kappa shape index (κ2) is 8.80. The molecule has 29 heavy (non-hydrogen) atoms. The molecule has 0 radical (unpaired) electrons. The fraction of sp³-hybridized carbons (Fsp3) is 0.182. The SMILES string of the molecule is COC(=O)CSc1cccc(NC(=O)N2c3ccccc3SC3C=CC=CC32)c1. The summed E-state index contributed by atoms with van der Waals surface area (Å²) in [6, 6.07) is 15.2. The Kier molecular flexibility index (Phi) is 5.97. The molecule has 148 valence electrons. The molecule has 0 saturated heterocycles. The molecule has 7 heteroatoms. The summed E-state index contributed by atoms with van der Waals surface area (Å²) in [7, 11) is 1.37. The van der Waals surface area contributed by atoms with Gasteiger partial charge < -0.3 is 10.1 Å². The van der Waals surface area contributed by atoms with Gasteiger partial charge in [0.2, 0.25) is 0 Å². The van der Waals surface area contributed by atoms with Gasteiger partial charge in [0, 0.05) is 15.5 Å². The van der Waals surface area contributed by atoms with E-state index < -0.39 is 0 Å². The molecule has 0 spiro atoms. The lowest BCUT2D eigenvalue weighted by atomic mass is 10.1. The Labute approximate surface area is 178 Å². The third-order valence-corrected chi connectivity index (χ3v) is 6.91. The molecule has 1 heterocycles. The van der Waals surface area contributed by atoms with Crippen LogP contribution in [0, 0.1) is 0 Å². The lowest BCUT2D eigenvalue weighted by Crippen LogP contribution is -2.49. The van der Waals surface area contributed by atoms with Crippen LogP contribution in [0.4, 0.5) is 16.2 Å². The zero-order valence-corrected chi connectivity index (χ0v) is 17.4. The summed E-state index contributed by atoms with van der Waals surface area (Å²) in [4.78, 5) is 28.5. The van der Waals surface area contributed by atoms with Crippen LogP contribution in [0.5, 0.6) is 0 Å². The number of fused-ring (bicyclic) bond motifs is 2. The molecule has 2 aromatic carbocycles. The van der Waals surface area contributed by atoms with Crippen molar-refractivity contribution in [3.63, 3.8) is 0 Å². The molecule has 2 aromatic rings. The van der Waals surface area contributed by atoms with E-state index >= 15 is 0 Å². The highest BCUT2D eigenvalue weighted by molar-refractivity contribution is 8.00. The zero-order valence-electron chi connectivity index (χ0n) is 15.8. The van der Waals surface area contributed by atoms with Crippen LogP contribution >= 0.6 is 23.5 Å². The minimum absolute atomic E-state index is 0.0446. The van der Waals surface area contributed by atoms with E-state index in [-0.39, 0.29) is 29.0 Å². The van der Waals surface area contributed by atoms with Gasteiger partial charge in [0.25, 0.3) is 0 Å². The van der Waals surface area contributed by atoms with Gasteiger partial charge in [0.15, 0.2) is 0 Å². The normalized spacial score (nSPS) is 19.3. The van der Waals surface area contributed by atoms with Crippen LogP contribution in [0.3, 0.4) is 0 Å². The van der Waals surface area contributed by atoms with Crippen molar-refractivity contribution >= 4 is 46.9 Å². The van der Waals surface area contributed by atoms with E-state index in [0.29, 0.717) is 5.69 Å². The summed E-state index contributed by atoms with van der Waals surface area (Å²) >= 11 is 3.15. The molecule has 0 fully saturated rings. The predicted octanol–water partition coefficient (Wildman–Crippen LogP) is 4.96. The molecule has 1 aliphatic carbocycles. The van der Waals surface area contributed by atoms with Gasteiger partial charge >= 0.3 is 12.0 Å². The number of urea groups is 1. The Bertz CT molecular complexity index is 990. The summed E-state index contributed by atoms with van der Waals surface area (Å²) < 4.78 is 4.68. The molecule has 1 N–H and O–H groups in total. The second-order valence-electron chi connectivity index (χ2n) is 6.50.